The van der Waals surface area contributed by atoms with E-state index < -0.39 is 10.0 Å². The molecule has 1 aromatic carbocycles. The first-order valence-corrected chi connectivity index (χ1v) is 14.6. The normalized spacial score (nSPS) is 14.7. The molecule has 0 atom stereocenters. The maximum Gasteiger partial charge on any atom is 0.262 e. The molecule has 1 aliphatic rings. The average molecular weight is 569 g/mol. The van der Waals surface area contributed by atoms with Gasteiger partial charge in [-0.2, -0.15) is 0 Å². The smallest absolute Gasteiger partial charge is 0.262 e. The zero-order valence-corrected chi connectivity index (χ0v) is 22.4. The number of ether oxygens (including phenoxy) is 1. The van der Waals surface area contributed by atoms with Gasteiger partial charge in [-0.15, -0.1) is 22.7 Å². The molecule has 4 aromatic heterocycles. The highest BCUT2D eigenvalue weighted by Crippen LogP contribution is 2.41. The van der Waals surface area contributed by atoms with Gasteiger partial charge in [0.2, 0.25) is 5.88 Å². The number of carbonyl (C=O) groups is 1. The number of pyridine rings is 1. The molecule has 0 fully saturated rings. The predicted molar refractivity (Wildman–Crippen MR) is 145 cm³/mol. The first-order valence-electron chi connectivity index (χ1n) is 11.1. The van der Waals surface area contributed by atoms with E-state index >= 15 is 0 Å². The summed E-state index contributed by atoms with van der Waals surface area (Å²) in [6.45, 7) is 0. The summed E-state index contributed by atoms with van der Waals surface area (Å²) >= 11 is 9.36. The number of nitrogens with zero attached hydrogens (tertiary/aromatic N) is 3. The van der Waals surface area contributed by atoms with E-state index in [1.807, 2.05) is 18.2 Å². The Hall–Kier alpha value is -3.38. The van der Waals surface area contributed by atoms with Crippen molar-refractivity contribution in [3.63, 3.8) is 0 Å². The van der Waals surface area contributed by atoms with Gasteiger partial charge in [-0.1, -0.05) is 11.6 Å². The van der Waals surface area contributed by atoms with Gasteiger partial charge in [-0.05, 0) is 48.9 Å². The van der Waals surface area contributed by atoms with E-state index in [1.54, 1.807) is 23.6 Å². The molecule has 0 saturated heterocycles. The van der Waals surface area contributed by atoms with E-state index in [0.29, 0.717) is 12.0 Å². The molecule has 1 N–H and O–H groups in total. The Morgan fingerprint density at radius 2 is 1.86 bits per heavy atom. The highest BCUT2D eigenvalue weighted by molar-refractivity contribution is 7.92. The van der Waals surface area contributed by atoms with Crippen LogP contribution >= 0.6 is 34.3 Å². The molecule has 0 radical (unpaired) electrons. The molecule has 0 aliphatic carbocycles. The number of hydrogen-bond donors (Lipinski definition) is 1. The van der Waals surface area contributed by atoms with Gasteiger partial charge >= 0.3 is 0 Å². The number of aryl methyl sites for hydroxylation is 1. The number of halogens is 1. The van der Waals surface area contributed by atoms with E-state index in [4.69, 9.17) is 16.3 Å². The summed E-state index contributed by atoms with van der Waals surface area (Å²) in [5, 5.41) is 0.197. The molecule has 5 aromatic rings. The predicted octanol–water partition coefficient (Wildman–Crippen LogP) is 6.07. The first-order chi connectivity index (χ1) is 17.8. The van der Waals surface area contributed by atoms with E-state index in [0.717, 1.165) is 30.5 Å². The molecule has 8 bridgehead atoms. The van der Waals surface area contributed by atoms with E-state index in [2.05, 4.69) is 19.7 Å². The second-order valence-corrected chi connectivity index (χ2v) is 12.6. The Morgan fingerprint density at radius 1 is 1.00 bits per heavy atom. The number of fused-ring (bicyclic) bond motifs is 9. The van der Waals surface area contributed by atoms with Crippen molar-refractivity contribution in [2.45, 2.75) is 17.7 Å². The molecule has 6 rings (SSSR count). The molecule has 0 unspecified atom stereocenters. The zero-order chi connectivity index (χ0) is 25.7. The number of methoxy groups -OCH3 is 1. The number of carbonyl (C=O) groups excluding carboxylic acids is 1. The van der Waals surface area contributed by atoms with Crippen LogP contribution in [0.1, 0.15) is 21.7 Å². The SMILES string of the molecule is COc1ncc2cc1NS(=O)(=O)c1ccc(Cl)c(c1)C(=O)CCc1ccc(s1)-c1ncnc3cc-2sc13. The van der Waals surface area contributed by atoms with Crippen LogP contribution in [0.2, 0.25) is 5.02 Å². The van der Waals surface area contributed by atoms with Gasteiger partial charge in [0, 0.05) is 33.5 Å². The standard InChI is InChI=1S/C25H17ClN4O4S3/c1-34-25-19-8-13(11-27-25)22-10-18-24(36-22)23(29-12-28-18)21-7-3-14(35-21)2-6-20(31)16-9-15(4-5-17(16)26)37(32,33)30-19/h3-5,7-12,30H,2,6H2,1H3. The third-order valence-electron chi connectivity index (χ3n) is 5.93. The minimum absolute atomic E-state index is 0.0889. The van der Waals surface area contributed by atoms with Crippen LogP contribution < -0.4 is 9.46 Å². The number of Topliss-reactive ketones (excluding diaryl/α,β-unsaturated/α-hetero) is 1. The Morgan fingerprint density at radius 3 is 2.70 bits per heavy atom. The van der Waals surface area contributed by atoms with E-state index in [1.165, 1.54) is 43.0 Å². The number of anilines is 1. The minimum Gasteiger partial charge on any atom is -0.480 e. The molecule has 12 heteroatoms. The zero-order valence-electron chi connectivity index (χ0n) is 19.2. The summed E-state index contributed by atoms with van der Waals surface area (Å²) in [5.74, 6) is -0.133. The highest BCUT2D eigenvalue weighted by atomic mass is 35.5. The lowest BCUT2D eigenvalue weighted by Gasteiger charge is -2.13. The largest absolute Gasteiger partial charge is 0.480 e. The van der Waals surface area contributed by atoms with Gasteiger partial charge in [-0.25, -0.2) is 23.4 Å². The number of aromatic nitrogens is 3. The molecular weight excluding hydrogens is 552 g/mol. The molecule has 1 aliphatic heterocycles. The Labute approximate surface area is 225 Å². The Balaban J connectivity index is 1.57. The number of hydrogen-bond acceptors (Lipinski definition) is 9. The average Bonchev–Trinajstić information content (AvgIpc) is 3.54. The second-order valence-electron chi connectivity index (χ2n) is 8.26. The van der Waals surface area contributed by atoms with Crippen molar-refractivity contribution in [1.82, 2.24) is 15.0 Å². The molecule has 37 heavy (non-hydrogen) atoms. The van der Waals surface area contributed by atoms with Crippen molar-refractivity contribution in [2.24, 2.45) is 0 Å². The van der Waals surface area contributed by atoms with Crippen LogP contribution in [0.15, 0.2) is 59.9 Å². The van der Waals surface area contributed by atoms with Gasteiger partial charge in [-0.3, -0.25) is 9.52 Å². The quantitative estimate of drug-likeness (QED) is 0.261. The van der Waals surface area contributed by atoms with Crippen LogP contribution in [-0.4, -0.2) is 36.3 Å². The van der Waals surface area contributed by atoms with Gasteiger partial charge in [0.05, 0.1) is 32.1 Å². The molecule has 0 saturated carbocycles. The van der Waals surface area contributed by atoms with Crippen molar-refractivity contribution in [1.29, 1.82) is 0 Å². The van der Waals surface area contributed by atoms with Gasteiger partial charge in [0.25, 0.3) is 10.0 Å². The third-order valence-corrected chi connectivity index (χ3v) is 9.95. The summed E-state index contributed by atoms with van der Waals surface area (Å²) in [6, 6.07) is 11.7. The third kappa shape index (κ3) is 4.37. The lowest BCUT2D eigenvalue weighted by molar-refractivity contribution is 0.0983. The van der Waals surface area contributed by atoms with E-state index in [-0.39, 0.29) is 39.3 Å². The number of sulfonamides is 1. The summed E-state index contributed by atoms with van der Waals surface area (Å²) in [6.07, 6.45) is 3.82. The maximum atomic E-state index is 13.3. The van der Waals surface area contributed by atoms with Crippen molar-refractivity contribution in [3.05, 3.63) is 70.5 Å². The van der Waals surface area contributed by atoms with Crippen molar-refractivity contribution in [2.75, 3.05) is 11.8 Å². The van der Waals surface area contributed by atoms with Crippen LogP contribution in [0.3, 0.4) is 0 Å². The Bertz CT molecular complexity index is 1810. The number of rotatable bonds is 1. The van der Waals surface area contributed by atoms with Crippen molar-refractivity contribution in [3.8, 4) is 26.9 Å². The Kier molecular flexibility index (Phi) is 5.95. The van der Waals surface area contributed by atoms with Crippen LogP contribution in [0, 0.1) is 0 Å². The molecule has 0 spiro atoms. The van der Waals surface area contributed by atoms with Crippen molar-refractivity contribution >= 4 is 66.0 Å². The molecule has 0 amide bonds. The number of ketones is 1. The van der Waals surface area contributed by atoms with Crippen LogP contribution in [0.5, 0.6) is 5.88 Å². The number of nitrogens with one attached hydrogen (secondary N) is 1. The fourth-order valence-electron chi connectivity index (χ4n) is 4.09. The van der Waals surface area contributed by atoms with Crippen LogP contribution in [0.4, 0.5) is 5.69 Å². The molecule has 5 heterocycles. The molecular formula is C25H17ClN4O4S3. The summed E-state index contributed by atoms with van der Waals surface area (Å²) in [5.41, 5.74) is 2.59. The van der Waals surface area contributed by atoms with Gasteiger partial charge < -0.3 is 4.74 Å². The van der Waals surface area contributed by atoms with Crippen LogP contribution in [-0.2, 0) is 16.4 Å². The van der Waals surface area contributed by atoms with Crippen molar-refractivity contribution < 1.29 is 17.9 Å². The fraction of sp³-hybridized carbons (Fsp3) is 0.120. The van der Waals surface area contributed by atoms with Gasteiger partial charge in [0.1, 0.15) is 17.7 Å². The lowest BCUT2D eigenvalue weighted by Crippen LogP contribution is -2.15. The minimum atomic E-state index is -4.09. The highest BCUT2D eigenvalue weighted by Gasteiger charge is 2.23. The second kappa shape index (κ2) is 9.18. The maximum absolute atomic E-state index is 13.3. The first kappa shape index (κ1) is 24.0. The topological polar surface area (TPSA) is 111 Å². The monoisotopic (exact) mass is 568 g/mol. The summed E-state index contributed by atoms with van der Waals surface area (Å²) in [4.78, 5) is 29.1. The van der Waals surface area contributed by atoms with Gasteiger partial charge in [0.15, 0.2) is 5.78 Å². The number of thiophene rings is 2. The molecule has 186 valence electrons. The summed E-state index contributed by atoms with van der Waals surface area (Å²) in [7, 11) is -2.68. The fourth-order valence-corrected chi connectivity index (χ4v) is 7.56. The van der Waals surface area contributed by atoms with E-state index in [9.17, 15) is 13.2 Å². The van der Waals surface area contributed by atoms with Crippen LogP contribution in [0.25, 0.3) is 31.2 Å². The molecule has 8 nitrogen and oxygen atoms in total. The summed E-state index contributed by atoms with van der Waals surface area (Å²) < 4.78 is 35.4. The number of benzene rings is 1. The lowest BCUT2D eigenvalue weighted by atomic mass is 10.1.